The van der Waals surface area contributed by atoms with Crippen LogP contribution in [0.4, 0.5) is 26.1 Å². The predicted octanol–water partition coefficient (Wildman–Crippen LogP) is 5.98. The molecule has 1 aliphatic rings. The van der Waals surface area contributed by atoms with Crippen LogP contribution in [0.1, 0.15) is 34.0 Å². The number of nitrogens with zero attached hydrogens (tertiary/aromatic N) is 5. The zero-order chi connectivity index (χ0) is 33.2. The Balaban J connectivity index is 1.51. The number of halogens is 2. The largest absolute Gasteiger partial charge is 0.473 e. The molecular formula is C36H32F2N8O2. The summed E-state index contributed by atoms with van der Waals surface area (Å²) in [6, 6.07) is 25.5. The van der Waals surface area contributed by atoms with Crippen LogP contribution in [0, 0.1) is 11.6 Å². The summed E-state index contributed by atoms with van der Waals surface area (Å²) in [6.45, 7) is 2.76. The van der Waals surface area contributed by atoms with Crippen LogP contribution in [0.25, 0.3) is 16.8 Å². The van der Waals surface area contributed by atoms with Crippen LogP contribution in [0.3, 0.4) is 0 Å². The quantitative estimate of drug-likeness (QED) is 0.189. The molecule has 1 atom stereocenters. The smallest absolute Gasteiger partial charge is 0.256 e. The summed E-state index contributed by atoms with van der Waals surface area (Å²) in [5.41, 5.74) is 9.69. The summed E-state index contributed by atoms with van der Waals surface area (Å²) in [4.78, 5) is 24.7. The first-order valence-electron chi connectivity index (χ1n) is 15.5. The maximum atomic E-state index is 16.1. The van der Waals surface area contributed by atoms with E-state index in [1.165, 1.54) is 18.3 Å². The molecule has 2 bridgehead atoms. The molecule has 4 N–H and O–H groups in total. The Labute approximate surface area is 275 Å². The third-order valence-electron chi connectivity index (χ3n) is 8.06. The number of hydrogen-bond donors (Lipinski definition) is 3. The predicted molar refractivity (Wildman–Crippen MR) is 180 cm³/mol. The summed E-state index contributed by atoms with van der Waals surface area (Å²) in [5, 5.41) is 10.9. The van der Waals surface area contributed by atoms with Gasteiger partial charge in [0.2, 0.25) is 5.88 Å². The van der Waals surface area contributed by atoms with Crippen molar-refractivity contribution in [1.29, 1.82) is 0 Å². The maximum absolute atomic E-state index is 16.1. The summed E-state index contributed by atoms with van der Waals surface area (Å²) in [7, 11) is 0. The van der Waals surface area contributed by atoms with Gasteiger partial charge in [-0.1, -0.05) is 60.7 Å². The van der Waals surface area contributed by atoms with Crippen molar-refractivity contribution < 1.29 is 18.3 Å². The summed E-state index contributed by atoms with van der Waals surface area (Å²) < 4.78 is 38.2. The number of rotatable bonds is 6. The van der Waals surface area contributed by atoms with Crippen LogP contribution < -0.4 is 26.0 Å². The number of carbonyl (C=O) groups excluding carboxylic acids is 1. The molecule has 0 fully saturated rings. The molecule has 242 valence electrons. The molecule has 7 rings (SSSR count). The van der Waals surface area contributed by atoms with E-state index < -0.39 is 23.6 Å². The van der Waals surface area contributed by atoms with Gasteiger partial charge in [0.05, 0.1) is 24.5 Å². The lowest BCUT2D eigenvalue weighted by molar-refractivity contribution is 0.0932. The number of nitrogens with two attached hydrogens (primary N) is 1. The van der Waals surface area contributed by atoms with Gasteiger partial charge in [-0.2, -0.15) is 9.61 Å². The third-order valence-corrected chi connectivity index (χ3v) is 8.06. The van der Waals surface area contributed by atoms with E-state index in [4.69, 9.17) is 15.5 Å². The van der Waals surface area contributed by atoms with Crippen molar-refractivity contribution in [2.75, 3.05) is 22.5 Å². The lowest BCUT2D eigenvalue weighted by Gasteiger charge is -2.29. The highest BCUT2D eigenvalue weighted by molar-refractivity contribution is 6.01. The van der Waals surface area contributed by atoms with Gasteiger partial charge >= 0.3 is 0 Å². The van der Waals surface area contributed by atoms with Crippen LogP contribution >= 0.6 is 0 Å². The van der Waals surface area contributed by atoms with Gasteiger partial charge in [0.1, 0.15) is 34.9 Å². The lowest BCUT2D eigenvalue weighted by atomic mass is 10.0. The highest BCUT2D eigenvalue weighted by atomic mass is 19.1. The molecular weight excluding hydrogens is 614 g/mol. The van der Waals surface area contributed by atoms with E-state index in [9.17, 15) is 9.18 Å². The number of aromatic nitrogens is 4. The van der Waals surface area contributed by atoms with Crippen molar-refractivity contribution in [3.63, 3.8) is 0 Å². The molecule has 0 radical (unpaired) electrons. The zero-order valence-electron chi connectivity index (χ0n) is 26.0. The molecule has 10 nitrogen and oxygen atoms in total. The van der Waals surface area contributed by atoms with E-state index in [0.717, 1.165) is 17.3 Å². The molecule has 0 spiro atoms. The van der Waals surface area contributed by atoms with Crippen molar-refractivity contribution in [1.82, 2.24) is 24.9 Å². The average molecular weight is 647 g/mol. The van der Waals surface area contributed by atoms with Crippen LogP contribution in [0.15, 0.2) is 97.3 Å². The maximum Gasteiger partial charge on any atom is 0.256 e. The topological polar surface area (TPSA) is 123 Å². The number of pyridine rings is 1. The second-order valence-electron chi connectivity index (χ2n) is 11.6. The number of anilines is 3. The standard InChI is InChI=1S/C36H32F2N8O2/c1-22-16-41-34(47)29-19-43-46-33(29)44-32(40-17-25-14-26(37)18-42-35(25)48-22)31(28-13-12-27(39)15-30(28)38)36(46)45(20-23-8-4-2-5-9-23)21-24-10-6-3-7-11-24/h2-15,18-19,22H,16-17,20-21,39H2,1H3,(H,40,44)(H,41,47)/t22-/m0/s1. The van der Waals surface area contributed by atoms with Crippen molar-refractivity contribution in [3.8, 4) is 17.0 Å². The average Bonchev–Trinajstić information content (AvgIpc) is 3.51. The molecule has 0 saturated carbocycles. The zero-order valence-corrected chi connectivity index (χ0v) is 26.0. The highest BCUT2D eigenvalue weighted by Crippen LogP contribution is 2.41. The van der Waals surface area contributed by atoms with E-state index >= 15 is 4.39 Å². The first-order valence-corrected chi connectivity index (χ1v) is 15.5. The Hall–Kier alpha value is -6.04. The number of carbonyl (C=O) groups is 1. The number of hydrogen-bond acceptors (Lipinski definition) is 8. The van der Waals surface area contributed by atoms with E-state index in [1.54, 1.807) is 23.6 Å². The van der Waals surface area contributed by atoms with Crippen molar-refractivity contribution in [2.45, 2.75) is 32.7 Å². The molecule has 0 unspecified atom stereocenters. The Morgan fingerprint density at radius 1 is 0.938 bits per heavy atom. The van der Waals surface area contributed by atoms with Crippen molar-refractivity contribution in [3.05, 3.63) is 131 Å². The van der Waals surface area contributed by atoms with E-state index in [1.807, 2.05) is 60.7 Å². The van der Waals surface area contributed by atoms with Crippen LogP contribution in [-0.2, 0) is 19.6 Å². The highest BCUT2D eigenvalue weighted by Gasteiger charge is 2.29. The van der Waals surface area contributed by atoms with E-state index in [0.29, 0.717) is 30.0 Å². The molecule has 1 amide bonds. The van der Waals surface area contributed by atoms with Gasteiger partial charge in [-0.3, -0.25) is 4.79 Å². The number of nitrogens with one attached hydrogen (secondary N) is 2. The second-order valence-corrected chi connectivity index (χ2v) is 11.6. The van der Waals surface area contributed by atoms with Gasteiger partial charge < -0.3 is 26.0 Å². The van der Waals surface area contributed by atoms with Gasteiger partial charge in [0.25, 0.3) is 5.91 Å². The Morgan fingerprint density at radius 3 is 2.33 bits per heavy atom. The van der Waals surface area contributed by atoms with Gasteiger partial charge in [0, 0.05) is 36.4 Å². The summed E-state index contributed by atoms with van der Waals surface area (Å²) in [6.07, 6.45) is 2.03. The Bertz CT molecular complexity index is 2070. The Morgan fingerprint density at radius 2 is 1.65 bits per heavy atom. The number of benzene rings is 3. The van der Waals surface area contributed by atoms with Gasteiger partial charge in [-0.25, -0.2) is 18.7 Å². The molecule has 12 heteroatoms. The number of fused-ring (bicyclic) bond motifs is 2. The molecule has 6 aromatic rings. The van der Waals surface area contributed by atoms with Crippen LogP contribution in [0.2, 0.25) is 0 Å². The minimum atomic E-state index is -0.576. The first-order chi connectivity index (χ1) is 23.3. The van der Waals surface area contributed by atoms with E-state index in [-0.39, 0.29) is 47.2 Å². The molecule has 0 saturated heterocycles. The fraction of sp³-hybridized carbons (Fsp3) is 0.167. The normalized spacial score (nSPS) is 14.6. The SMILES string of the molecule is C[C@H]1CNC(=O)c2cnn3c(N(Cc4ccccc4)Cc4ccccc4)c(-c4ccc(N)cc4F)c(nc23)NCc2cc(F)cnc2O1. The van der Waals surface area contributed by atoms with Gasteiger partial charge in [0.15, 0.2) is 5.65 Å². The lowest BCUT2D eigenvalue weighted by Crippen LogP contribution is -2.34. The van der Waals surface area contributed by atoms with E-state index in [2.05, 4.69) is 25.6 Å². The third kappa shape index (κ3) is 6.19. The van der Waals surface area contributed by atoms with Crippen LogP contribution in [0.5, 0.6) is 5.88 Å². The fourth-order valence-corrected chi connectivity index (χ4v) is 5.80. The minimum absolute atomic E-state index is 0.0290. The molecule has 3 aromatic heterocycles. The van der Waals surface area contributed by atoms with Crippen molar-refractivity contribution >= 4 is 28.9 Å². The molecule has 4 heterocycles. The molecule has 3 aromatic carbocycles. The van der Waals surface area contributed by atoms with Gasteiger partial charge in [-0.15, -0.1) is 0 Å². The Kier molecular flexibility index (Phi) is 8.28. The number of amides is 1. The second kappa shape index (κ2) is 13.0. The van der Waals surface area contributed by atoms with Crippen LogP contribution in [-0.4, -0.2) is 38.1 Å². The molecule has 1 aliphatic heterocycles. The van der Waals surface area contributed by atoms with Crippen molar-refractivity contribution in [2.24, 2.45) is 0 Å². The van der Waals surface area contributed by atoms with Gasteiger partial charge in [-0.05, 0) is 42.3 Å². The minimum Gasteiger partial charge on any atom is -0.473 e. The molecule has 0 aliphatic carbocycles. The fourth-order valence-electron chi connectivity index (χ4n) is 5.80. The molecule has 48 heavy (non-hydrogen) atoms. The summed E-state index contributed by atoms with van der Waals surface area (Å²) in [5.74, 6) is -0.620. The number of nitrogen functional groups attached to an aromatic ring is 1. The summed E-state index contributed by atoms with van der Waals surface area (Å²) >= 11 is 0. The number of ether oxygens (including phenoxy) is 1. The first kappa shape index (κ1) is 30.6. The monoisotopic (exact) mass is 646 g/mol.